The van der Waals surface area contributed by atoms with E-state index >= 15 is 0 Å². The first-order valence-corrected chi connectivity index (χ1v) is 15.5. The van der Waals surface area contributed by atoms with Crippen molar-refractivity contribution < 1.29 is 41.9 Å². The molecule has 228 valence electrons. The number of carboxylic acid groups (broad SMARTS) is 1. The number of anilines is 1. The van der Waals surface area contributed by atoms with Gasteiger partial charge in [-0.1, -0.05) is 5.16 Å². The summed E-state index contributed by atoms with van der Waals surface area (Å²) >= 11 is 1.01. The van der Waals surface area contributed by atoms with Crippen LogP contribution in [0, 0.1) is 5.92 Å². The number of carbonyl (C=O) groups is 3. The third-order valence-corrected chi connectivity index (χ3v) is 8.84. The molecule has 43 heavy (non-hydrogen) atoms. The van der Waals surface area contributed by atoms with Crippen molar-refractivity contribution in [2.75, 3.05) is 5.73 Å². The standard InChI is InChI=1S/C25H28N8O8S2/c1-31-9-3-5-15(12-31)4-2-6-16-11-27-32(29-16)13-19-17(22(35)33(19)43(38,39)40)10-20(34)21(18-14-42-24(26)28-18)30-41-25(7-8-25)23(36)37/h3,5,9,11-12,14,17,19H,2,4,6-8,10,13H2,1H3,(H3-,26,28,36,37,38,39,40)/p+1/b30-21-/t17-,19+/m0/s1. The zero-order chi connectivity index (χ0) is 30.9. The molecule has 16 nitrogen and oxygen atoms in total. The molecule has 0 spiro atoms. The van der Waals surface area contributed by atoms with E-state index in [-0.39, 0.29) is 35.9 Å². The lowest BCUT2D eigenvalue weighted by Gasteiger charge is -2.43. The molecule has 1 saturated carbocycles. The number of β-lactam (4-membered cyclic amide) rings is 1. The summed E-state index contributed by atoms with van der Waals surface area (Å²) < 4.78 is 36.0. The largest absolute Gasteiger partial charge is 0.478 e. The molecule has 2 aliphatic rings. The Kier molecular flexibility index (Phi) is 8.26. The number of amides is 1. The second kappa shape index (κ2) is 11.8. The molecule has 1 aliphatic heterocycles. The fourth-order valence-electron chi connectivity index (χ4n) is 4.78. The SMILES string of the molecule is C[n+]1cccc(CCCc2cnn(C[C@@H]3[C@H](CC(=O)/C(=N\OC4(C(=O)O)CC4)c4csc(N)n4)C(=O)N3S(=O)(=O)O)n2)c1. The number of Topliss-reactive ketones (excluding diaryl/α,β-unsaturated/α-hetero) is 1. The Morgan fingerprint density at radius 1 is 1.33 bits per heavy atom. The first kappa shape index (κ1) is 30.2. The van der Waals surface area contributed by atoms with E-state index in [9.17, 15) is 32.5 Å². The maximum absolute atomic E-state index is 13.4. The van der Waals surface area contributed by atoms with Gasteiger partial charge in [-0.25, -0.2) is 18.7 Å². The summed E-state index contributed by atoms with van der Waals surface area (Å²) in [7, 11) is -3.00. The van der Waals surface area contributed by atoms with Crippen molar-refractivity contribution in [2.45, 2.75) is 56.7 Å². The summed E-state index contributed by atoms with van der Waals surface area (Å²) in [5, 5.41) is 23.3. The Bertz CT molecular complexity index is 1700. The van der Waals surface area contributed by atoms with Crippen molar-refractivity contribution in [1.82, 2.24) is 24.3 Å². The van der Waals surface area contributed by atoms with Crippen molar-refractivity contribution in [3.8, 4) is 0 Å². The summed E-state index contributed by atoms with van der Waals surface area (Å²) in [4.78, 5) is 48.2. The number of rotatable bonds is 14. The Labute approximate surface area is 249 Å². The monoisotopic (exact) mass is 633 g/mol. The van der Waals surface area contributed by atoms with Crippen LogP contribution in [0.2, 0.25) is 0 Å². The van der Waals surface area contributed by atoms with Crippen molar-refractivity contribution in [3.63, 3.8) is 0 Å². The number of thiazole rings is 1. The molecule has 4 heterocycles. The van der Waals surface area contributed by atoms with Crippen LogP contribution in [0.4, 0.5) is 5.13 Å². The van der Waals surface area contributed by atoms with Gasteiger partial charge in [0.2, 0.25) is 11.5 Å². The average molecular weight is 634 g/mol. The second-order valence-corrected chi connectivity index (χ2v) is 12.6. The van der Waals surface area contributed by atoms with Crippen molar-refractivity contribution in [3.05, 3.63) is 53.1 Å². The van der Waals surface area contributed by atoms with Crippen LogP contribution in [-0.4, -0.2) is 77.4 Å². The third-order valence-electron chi connectivity index (χ3n) is 7.22. The molecule has 0 unspecified atom stereocenters. The van der Waals surface area contributed by atoms with Gasteiger partial charge in [0.25, 0.3) is 0 Å². The van der Waals surface area contributed by atoms with E-state index in [1.165, 1.54) is 16.4 Å². The lowest BCUT2D eigenvalue weighted by atomic mass is 9.84. The van der Waals surface area contributed by atoms with E-state index in [0.29, 0.717) is 16.4 Å². The zero-order valence-electron chi connectivity index (χ0n) is 22.9. The number of aromatic nitrogens is 5. The lowest BCUT2D eigenvalue weighted by molar-refractivity contribution is -0.671. The average Bonchev–Trinajstić information content (AvgIpc) is 3.40. The third kappa shape index (κ3) is 6.70. The number of nitrogens with two attached hydrogens (primary N) is 1. The topological polar surface area (TPSA) is 224 Å². The van der Waals surface area contributed by atoms with Crippen LogP contribution in [0.15, 0.2) is 41.3 Å². The number of oxime groups is 1. The van der Waals surface area contributed by atoms with Gasteiger partial charge in [-0.2, -0.15) is 23.4 Å². The minimum atomic E-state index is -4.94. The fraction of sp³-hybridized carbons (Fsp3) is 0.440. The number of hydrogen-bond acceptors (Lipinski definition) is 12. The van der Waals surface area contributed by atoms with Gasteiger partial charge in [-0.3, -0.25) is 14.1 Å². The van der Waals surface area contributed by atoms with E-state index in [4.69, 9.17) is 10.6 Å². The normalized spacial score (nSPS) is 19.6. The number of carbonyl (C=O) groups excluding carboxylic acids is 2. The van der Waals surface area contributed by atoms with Crippen LogP contribution in [0.5, 0.6) is 0 Å². The molecule has 2 atom stereocenters. The first-order valence-electron chi connectivity index (χ1n) is 13.2. The molecule has 1 saturated heterocycles. The van der Waals surface area contributed by atoms with Gasteiger partial charge in [-0.15, -0.1) is 11.3 Å². The fourth-order valence-corrected chi connectivity index (χ4v) is 6.25. The summed E-state index contributed by atoms with van der Waals surface area (Å²) in [6, 6.07) is 2.81. The first-order chi connectivity index (χ1) is 20.4. The molecular formula is C25H29N8O8S2+. The summed E-state index contributed by atoms with van der Waals surface area (Å²) in [6.45, 7) is -0.216. The number of hydrogen-bond donors (Lipinski definition) is 3. The van der Waals surface area contributed by atoms with E-state index < -0.39 is 51.9 Å². The Morgan fingerprint density at radius 3 is 2.72 bits per heavy atom. The van der Waals surface area contributed by atoms with Gasteiger partial charge in [0.1, 0.15) is 12.7 Å². The molecule has 2 fully saturated rings. The molecule has 3 aromatic rings. The van der Waals surface area contributed by atoms with Crippen molar-refractivity contribution in [2.24, 2.45) is 18.1 Å². The summed E-state index contributed by atoms with van der Waals surface area (Å²) in [5.74, 6) is -4.17. The molecule has 1 amide bonds. The van der Waals surface area contributed by atoms with E-state index in [2.05, 4.69) is 20.3 Å². The molecule has 3 aromatic heterocycles. The summed E-state index contributed by atoms with van der Waals surface area (Å²) in [6.07, 6.45) is 7.56. The van der Waals surface area contributed by atoms with E-state index in [1.54, 1.807) is 0 Å². The van der Waals surface area contributed by atoms with E-state index in [0.717, 1.165) is 29.7 Å². The van der Waals surface area contributed by atoms with Crippen LogP contribution in [0.3, 0.4) is 0 Å². The van der Waals surface area contributed by atoms with Crippen LogP contribution in [0.25, 0.3) is 0 Å². The molecule has 1 aliphatic carbocycles. The van der Waals surface area contributed by atoms with Crippen LogP contribution in [-0.2, 0) is 56.0 Å². The lowest BCUT2D eigenvalue weighted by Crippen LogP contribution is -2.64. The number of pyridine rings is 1. The highest BCUT2D eigenvalue weighted by Crippen LogP contribution is 2.40. The second-order valence-electron chi connectivity index (χ2n) is 10.4. The minimum absolute atomic E-state index is 0.0197. The molecule has 4 N–H and O–H groups in total. The maximum atomic E-state index is 13.4. The smallest absolute Gasteiger partial charge is 0.362 e. The van der Waals surface area contributed by atoms with Gasteiger partial charge in [0.15, 0.2) is 29.0 Å². The molecule has 0 bridgehead atoms. The number of nitrogen functional groups attached to an aromatic ring is 1. The molecule has 18 heteroatoms. The number of aliphatic carboxylic acids is 1. The van der Waals surface area contributed by atoms with Gasteiger partial charge in [0, 0.05) is 36.3 Å². The predicted molar refractivity (Wildman–Crippen MR) is 149 cm³/mol. The minimum Gasteiger partial charge on any atom is -0.478 e. The highest BCUT2D eigenvalue weighted by atomic mass is 32.2. The van der Waals surface area contributed by atoms with Crippen LogP contribution < -0.4 is 10.3 Å². The number of ketones is 1. The Morgan fingerprint density at radius 2 is 2.09 bits per heavy atom. The molecule has 0 radical (unpaired) electrons. The zero-order valence-corrected chi connectivity index (χ0v) is 24.6. The maximum Gasteiger partial charge on any atom is 0.362 e. The number of carboxylic acids is 1. The van der Waals surface area contributed by atoms with Gasteiger partial charge >= 0.3 is 16.3 Å². The van der Waals surface area contributed by atoms with Crippen LogP contribution in [0.1, 0.15) is 42.6 Å². The Balaban J connectivity index is 1.29. The molecule has 5 rings (SSSR count). The van der Waals surface area contributed by atoms with E-state index in [1.807, 2.05) is 36.1 Å². The number of nitrogens with zero attached hydrogens (tertiary/aromatic N) is 7. The predicted octanol–water partition coefficient (Wildman–Crippen LogP) is -0.0563. The number of aryl methyl sites for hydroxylation is 3. The molecular weight excluding hydrogens is 604 g/mol. The van der Waals surface area contributed by atoms with Gasteiger partial charge < -0.3 is 15.7 Å². The highest BCUT2D eigenvalue weighted by molar-refractivity contribution is 7.84. The summed E-state index contributed by atoms with van der Waals surface area (Å²) in [5.41, 5.74) is 5.62. The van der Waals surface area contributed by atoms with Gasteiger partial charge in [-0.05, 0) is 25.3 Å². The van der Waals surface area contributed by atoms with Crippen molar-refractivity contribution in [1.29, 1.82) is 0 Å². The van der Waals surface area contributed by atoms with Crippen molar-refractivity contribution >= 4 is 50.1 Å². The molecule has 0 aromatic carbocycles. The van der Waals surface area contributed by atoms with Gasteiger partial charge in [0.05, 0.1) is 30.4 Å². The highest BCUT2D eigenvalue weighted by Gasteiger charge is 2.56. The Hall–Kier alpha value is -4.29. The quantitative estimate of drug-likeness (QED) is 0.0698. The van der Waals surface area contributed by atoms with Crippen LogP contribution >= 0.6 is 11.3 Å².